The molecule has 1 amide bonds. The van der Waals surface area contributed by atoms with Gasteiger partial charge in [0.2, 0.25) is 5.91 Å². The molecule has 0 aromatic heterocycles. The van der Waals surface area contributed by atoms with Gasteiger partial charge in [-0.25, -0.2) is 0 Å². The summed E-state index contributed by atoms with van der Waals surface area (Å²) < 4.78 is 5.11. The third-order valence-electron chi connectivity index (χ3n) is 5.44. The van der Waals surface area contributed by atoms with E-state index >= 15 is 0 Å². The average molecular weight is 396 g/mol. The van der Waals surface area contributed by atoms with Crippen LogP contribution in [0.3, 0.4) is 0 Å². The lowest BCUT2D eigenvalue weighted by atomic mass is 10.0. The standard InChI is InChI=1S/C24H33N3O2/c1-29-18-15-25-21-13-16-27(17-14-21)23-11-6-10-22(19-23)26-24(28)12-5-9-20-7-3-2-4-8-20/h2-4,6-8,10-11,19,21,25H,5,9,12-18H2,1H3,(H,26,28). The highest BCUT2D eigenvalue weighted by molar-refractivity contribution is 5.91. The summed E-state index contributed by atoms with van der Waals surface area (Å²) >= 11 is 0. The largest absolute Gasteiger partial charge is 0.383 e. The quantitative estimate of drug-likeness (QED) is 0.600. The van der Waals surface area contributed by atoms with E-state index in [1.165, 1.54) is 11.3 Å². The minimum Gasteiger partial charge on any atom is -0.383 e. The molecule has 156 valence electrons. The Kier molecular flexibility index (Phi) is 8.53. The van der Waals surface area contributed by atoms with E-state index in [1.54, 1.807) is 7.11 Å². The van der Waals surface area contributed by atoms with Crippen molar-refractivity contribution >= 4 is 17.3 Å². The molecule has 0 aliphatic carbocycles. The molecule has 5 nitrogen and oxygen atoms in total. The first-order valence-electron chi connectivity index (χ1n) is 10.7. The van der Waals surface area contributed by atoms with Crippen LogP contribution in [0.1, 0.15) is 31.2 Å². The predicted octanol–water partition coefficient (Wildman–Crippen LogP) is 3.85. The molecule has 1 saturated heterocycles. The van der Waals surface area contributed by atoms with E-state index in [1.807, 2.05) is 30.3 Å². The van der Waals surface area contributed by atoms with Crippen molar-refractivity contribution in [3.63, 3.8) is 0 Å². The Morgan fingerprint density at radius 2 is 1.90 bits per heavy atom. The molecule has 0 unspecified atom stereocenters. The van der Waals surface area contributed by atoms with E-state index in [4.69, 9.17) is 4.74 Å². The maximum atomic E-state index is 12.3. The number of rotatable bonds is 10. The number of amides is 1. The number of hydrogen-bond donors (Lipinski definition) is 2. The van der Waals surface area contributed by atoms with Crippen molar-refractivity contribution in [3.8, 4) is 0 Å². The van der Waals surface area contributed by atoms with Crippen molar-refractivity contribution in [1.82, 2.24) is 5.32 Å². The van der Waals surface area contributed by atoms with Gasteiger partial charge in [0, 0.05) is 50.6 Å². The molecular weight excluding hydrogens is 362 g/mol. The fourth-order valence-electron chi connectivity index (χ4n) is 3.81. The summed E-state index contributed by atoms with van der Waals surface area (Å²) in [6.45, 7) is 3.72. The first kappa shape index (κ1) is 21.3. The van der Waals surface area contributed by atoms with Crippen LogP contribution in [0, 0.1) is 0 Å². The minimum absolute atomic E-state index is 0.0825. The molecule has 1 aliphatic heterocycles. The fraction of sp³-hybridized carbons (Fsp3) is 0.458. The van der Waals surface area contributed by atoms with Crippen molar-refractivity contribution in [2.75, 3.05) is 43.6 Å². The second kappa shape index (κ2) is 11.6. The highest BCUT2D eigenvalue weighted by Crippen LogP contribution is 2.23. The molecule has 1 aliphatic rings. The van der Waals surface area contributed by atoms with Gasteiger partial charge in [0.05, 0.1) is 6.61 Å². The van der Waals surface area contributed by atoms with Crippen LogP contribution in [-0.2, 0) is 16.0 Å². The topological polar surface area (TPSA) is 53.6 Å². The van der Waals surface area contributed by atoms with Crippen molar-refractivity contribution in [1.29, 1.82) is 0 Å². The highest BCUT2D eigenvalue weighted by Gasteiger charge is 2.19. The van der Waals surface area contributed by atoms with Crippen LogP contribution in [0.25, 0.3) is 0 Å². The van der Waals surface area contributed by atoms with Crippen LogP contribution < -0.4 is 15.5 Å². The molecule has 1 heterocycles. The molecule has 2 N–H and O–H groups in total. The molecule has 0 bridgehead atoms. The average Bonchev–Trinajstić information content (AvgIpc) is 2.75. The first-order valence-corrected chi connectivity index (χ1v) is 10.7. The monoisotopic (exact) mass is 395 g/mol. The summed E-state index contributed by atoms with van der Waals surface area (Å²) in [5.74, 6) is 0.0825. The summed E-state index contributed by atoms with van der Waals surface area (Å²) in [6.07, 6.45) is 4.58. The fourth-order valence-corrected chi connectivity index (χ4v) is 3.81. The van der Waals surface area contributed by atoms with Gasteiger partial charge in [-0.1, -0.05) is 36.4 Å². The van der Waals surface area contributed by atoms with Gasteiger partial charge in [-0.2, -0.15) is 0 Å². The molecule has 5 heteroatoms. The van der Waals surface area contributed by atoms with E-state index in [9.17, 15) is 4.79 Å². The zero-order chi connectivity index (χ0) is 20.3. The predicted molar refractivity (Wildman–Crippen MR) is 120 cm³/mol. The van der Waals surface area contributed by atoms with Gasteiger partial charge in [0.15, 0.2) is 0 Å². The number of ether oxygens (including phenoxy) is 1. The number of aryl methyl sites for hydroxylation is 1. The number of carbonyl (C=O) groups excluding carboxylic acids is 1. The molecule has 29 heavy (non-hydrogen) atoms. The summed E-state index contributed by atoms with van der Waals surface area (Å²) in [5.41, 5.74) is 3.34. The molecule has 0 radical (unpaired) electrons. The van der Waals surface area contributed by atoms with E-state index in [-0.39, 0.29) is 5.91 Å². The van der Waals surface area contributed by atoms with Crippen LogP contribution >= 0.6 is 0 Å². The molecule has 0 spiro atoms. The van der Waals surface area contributed by atoms with Gasteiger partial charge in [-0.05, 0) is 49.4 Å². The second-order valence-corrected chi connectivity index (χ2v) is 7.65. The number of nitrogens with zero attached hydrogens (tertiary/aromatic N) is 1. The lowest BCUT2D eigenvalue weighted by molar-refractivity contribution is -0.116. The molecule has 2 aromatic rings. The second-order valence-electron chi connectivity index (χ2n) is 7.65. The summed E-state index contributed by atoms with van der Waals surface area (Å²) in [5, 5.41) is 6.61. The van der Waals surface area contributed by atoms with Gasteiger partial charge >= 0.3 is 0 Å². The third kappa shape index (κ3) is 7.18. The van der Waals surface area contributed by atoms with Gasteiger partial charge in [0.1, 0.15) is 0 Å². The third-order valence-corrected chi connectivity index (χ3v) is 5.44. The van der Waals surface area contributed by atoms with Crippen molar-refractivity contribution in [2.24, 2.45) is 0 Å². The lowest BCUT2D eigenvalue weighted by Gasteiger charge is -2.34. The Labute approximate surface area is 174 Å². The highest BCUT2D eigenvalue weighted by atomic mass is 16.5. The SMILES string of the molecule is COCCNC1CCN(c2cccc(NC(=O)CCCc3ccccc3)c2)CC1. The molecule has 2 aromatic carbocycles. The Morgan fingerprint density at radius 3 is 2.66 bits per heavy atom. The van der Waals surface area contributed by atoms with Crippen molar-refractivity contribution < 1.29 is 9.53 Å². The number of anilines is 2. The molecule has 0 atom stereocenters. The summed E-state index contributed by atoms with van der Waals surface area (Å²) in [7, 11) is 1.74. The first-order chi connectivity index (χ1) is 14.2. The Bertz CT molecular complexity index is 743. The zero-order valence-corrected chi connectivity index (χ0v) is 17.4. The normalized spacial score (nSPS) is 14.7. The molecule has 3 rings (SSSR count). The smallest absolute Gasteiger partial charge is 0.224 e. The van der Waals surface area contributed by atoms with Crippen molar-refractivity contribution in [2.45, 2.75) is 38.1 Å². The van der Waals surface area contributed by atoms with Gasteiger partial charge in [0.25, 0.3) is 0 Å². The zero-order valence-electron chi connectivity index (χ0n) is 17.4. The van der Waals surface area contributed by atoms with Gasteiger partial charge < -0.3 is 20.3 Å². The van der Waals surface area contributed by atoms with E-state index < -0.39 is 0 Å². The maximum absolute atomic E-state index is 12.3. The number of methoxy groups -OCH3 is 1. The van der Waals surface area contributed by atoms with Gasteiger partial charge in [-0.15, -0.1) is 0 Å². The maximum Gasteiger partial charge on any atom is 0.224 e. The number of benzene rings is 2. The van der Waals surface area contributed by atoms with Crippen LogP contribution in [0.5, 0.6) is 0 Å². The van der Waals surface area contributed by atoms with Crippen LogP contribution in [0.15, 0.2) is 54.6 Å². The van der Waals surface area contributed by atoms with Crippen LogP contribution in [0.2, 0.25) is 0 Å². The molecule has 0 saturated carbocycles. The molecular formula is C24H33N3O2. The van der Waals surface area contributed by atoms with E-state index in [0.29, 0.717) is 12.5 Å². The van der Waals surface area contributed by atoms with E-state index in [0.717, 1.165) is 57.6 Å². The van der Waals surface area contributed by atoms with Gasteiger partial charge in [-0.3, -0.25) is 4.79 Å². The summed E-state index contributed by atoms with van der Waals surface area (Å²) in [4.78, 5) is 14.7. The number of piperidine rings is 1. The summed E-state index contributed by atoms with van der Waals surface area (Å²) in [6, 6.07) is 19.1. The number of hydrogen-bond acceptors (Lipinski definition) is 4. The molecule has 1 fully saturated rings. The van der Waals surface area contributed by atoms with Crippen molar-refractivity contribution in [3.05, 3.63) is 60.2 Å². The Morgan fingerprint density at radius 1 is 1.10 bits per heavy atom. The lowest BCUT2D eigenvalue weighted by Crippen LogP contribution is -2.43. The Balaban J connectivity index is 1.43. The minimum atomic E-state index is 0.0825. The Hall–Kier alpha value is -2.37. The number of nitrogens with one attached hydrogen (secondary N) is 2. The van der Waals surface area contributed by atoms with Crippen LogP contribution in [0.4, 0.5) is 11.4 Å². The number of carbonyl (C=O) groups is 1. The van der Waals surface area contributed by atoms with Crippen LogP contribution in [-0.4, -0.2) is 45.3 Å². The van der Waals surface area contributed by atoms with E-state index in [2.05, 4.69) is 39.8 Å².